The Morgan fingerprint density at radius 3 is 2.61 bits per heavy atom. The van der Waals surface area contributed by atoms with E-state index in [0.29, 0.717) is 23.8 Å². The summed E-state index contributed by atoms with van der Waals surface area (Å²) in [5.41, 5.74) is 2.54. The first-order chi connectivity index (χ1) is 8.77. The standard InChI is InChI=1S/C16H17NO/c1-10(18)17-14-5-3-2-4-13(14)15-11-6-8-12(9-7-11)16(15)17/h2-6,8,11-12,15-16H,7,9H2,1H3/t11-,12+,15-,16-/m1/s1. The van der Waals surface area contributed by atoms with Crippen LogP contribution in [0.15, 0.2) is 36.4 Å². The number of benzene rings is 1. The van der Waals surface area contributed by atoms with E-state index < -0.39 is 0 Å². The molecule has 18 heavy (non-hydrogen) atoms. The molecule has 0 aromatic heterocycles. The summed E-state index contributed by atoms with van der Waals surface area (Å²) in [6, 6.07) is 8.84. The molecule has 2 nitrogen and oxygen atoms in total. The van der Waals surface area contributed by atoms with Gasteiger partial charge in [-0.25, -0.2) is 0 Å². The first kappa shape index (κ1) is 10.4. The van der Waals surface area contributed by atoms with Crippen molar-refractivity contribution in [3.8, 4) is 0 Å². The highest BCUT2D eigenvalue weighted by Gasteiger charge is 2.50. The van der Waals surface area contributed by atoms with Crippen LogP contribution in [0.3, 0.4) is 0 Å². The zero-order chi connectivity index (χ0) is 12.3. The predicted octanol–water partition coefficient (Wildman–Crippen LogP) is 3.10. The molecular weight excluding hydrogens is 222 g/mol. The number of hydrogen-bond donors (Lipinski definition) is 0. The normalized spacial score (nSPS) is 35.5. The van der Waals surface area contributed by atoms with Crippen molar-refractivity contribution >= 4 is 11.6 Å². The van der Waals surface area contributed by atoms with E-state index in [9.17, 15) is 4.79 Å². The van der Waals surface area contributed by atoms with Gasteiger partial charge in [-0.2, -0.15) is 0 Å². The molecule has 1 aromatic carbocycles. The molecule has 0 N–H and O–H groups in total. The zero-order valence-electron chi connectivity index (χ0n) is 10.5. The molecule has 1 aliphatic heterocycles. The third-order valence-corrected chi connectivity index (χ3v) is 4.90. The summed E-state index contributed by atoms with van der Waals surface area (Å²) >= 11 is 0. The third kappa shape index (κ3) is 1.16. The van der Waals surface area contributed by atoms with E-state index >= 15 is 0 Å². The fourth-order valence-corrected chi connectivity index (χ4v) is 4.26. The second-order valence-electron chi connectivity index (χ2n) is 5.75. The number of nitrogens with zero attached hydrogens (tertiary/aromatic N) is 1. The smallest absolute Gasteiger partial charge is 0.224 e. The lowest BCUT2D eigenvalue weighted by Gasteiger charge is -2.44. The minimum Gasteiger partial charge on any atom is -0.308 e. The van der Waals surface area contributed by atoms with Crippen LogP contribution in [0.1, 0.15) is 31.2 Å². The summed E-state index contributed by atoms with van der Waals surface area (Å²) in [4.78, 5) is 14.1. The Kier molecular flexibility index (Phi) is 2.00. The summed E-state index contributed by atoms with van der Waals surface area (Å²) in [6.07, 6.45) is 7.25. The molecule has 5 rings (SSSR count). The molecule has 1 heterocycles. The van der Waals surface area contributed by atoms with Crippen molar-refractivity contribution < 1.29 is 4.79 Å². The van der Waals surface area contributed by atoms with Crippen LogP contribution in [-0.2, 0) is 4.79 Å². The van der Waals surface area contributed by atoms with Gasteiger partial charge in [0.15, 0.2) is 0 Å². The molecule has 1 saturated carbocycles. The first-order valence-corrected chi connectivity index (χ1v) is 6.84. The highest BCUT2D eigenvalue weighted by Crippen LogP contribution is 2.55. The van der Waals surface area contributed by atoms with Gasteiger partial charge in [-0.05, 0) is 36.3 Å². The molecule has 1 fully saturated rings. The number of rotatable bonds is 0. The topological polar surface area (TPSA) is 20.3 Å². The van der Waals surface area contributed by atoms with Gasteiger partial charge in [-0.3, -0.25) is 4.79 Å². The van der Waals surface area contributed by atoms with Gasteiger partial charge in [0.05, 0.1) is 6.04 Å². The average Bonchev–Trinajstić information content (AvgIpc) is 2.77. The van der Waals surface area contributed by atoms with Crippen molar-refractivity contribution in [2.45, 2.75) is 31.7 Å². The van der Waals surface area contributed by atoms with Crippen molar-refractivity contribution in [2.24, 2.45) is 11.8 Å². The number of allylic oxidation sites excluding steroid dienone is 1. The number of amides is 1. The highest BCUT2D eigenvalue weighted by atomic mass is 16.2. The van der Waals surface area contributed by atoms with E-state index in [1.54, 1.807) is 6.92 Å². The van der Waals surface area contributed by atoms with Crippen molar-refractivity contribution in [1.82, 2.24) is 0 Å². The van der Waals surface area contributed by atoms with Gasteiger partial charge >= 0.3 is 0 Å². The maximum atomic E-state index is 12.0. The number of hydrogen-bond acceptors (Lipinski definition) is 1. The van der Waals surface area contributed by atoms with Gasteiger partial charge in [0.25, 0.3) is 0 Å². The van der Waals surface area contributed by atoms with E-state index in [-0.39, 0.29) is 5.91 Å². The second-order valence-corrected chi connectivity index (χ2v) is 5.75. The average molecular weight is 239 g/mol. The maximum absolute atomic E-state index is 12.0. The molecule has 1 aromatic rings. The first-order valence-electron chi connectivity index (χ1n) is 6.84. The Labute approximate surface area is 107 Å². The van der Waals surface area contributed by atoms with E-state index in [4.69, 9.17) is 0 Å². The number of anilines is 1. The van der Waals surface area contributed by atoms with Crippen molar-refractivity contribution in [3.05, 3.63) is 42.0 Å². The number of para-hydroxylation sites is 1. The summed E-state index contributed by atoms with van der Waals surface area (Å²) < 4.78 is 0. The number of carbonyl (C=O) groups is 1. The molecular formula is C16H17NO. The Morgan fingerprint density at radius 1 is 1.17 bits per heavy atom. The molecule has 2 bridgehead atoms. The molecule has 4 atom stereocenters. The van der Waals surface area contributed by atoms with E-state index in [0.717, 1.165) is 5.69 Å². The SMILES string of the molecule is CC(=O)N1c2ccccc2[C@@H]2[C@H]1[C@H]1C=C[C@@H]2CC1. The monoisotopic (exact) mass is 239 g/mol. The fourth-order valence-electron chi connectivity index (χ4n) is 4.26. The van der Waals surface area contributed by atoms with Crippen LogP contribution in [0.25, 0.3) is 0 Å². The Hall–Kier alpha value is -1.57. The van der Waals surface area contributed by atoms with Crippen LogP contribution in [-0.4, -0.2) is 11.9 Å². The molecule has 0 radical (unpaired) electrons. The fraction of sp³-hybridized carbons (Fsp3) is 0.438. The molecule has 0 unspecified atom stereocenters. The van der Waals surface area contributed by atoms with Crippen LogP contribution in [0.4, 0.5) is 5.69 Å². The van der Waals surface area contributed by atoms with Gasteiger partial charge in [-0.1, -0.05) is 30.4 Å². The highest BCUT2D eigenvalue weighted by molar-refractivity contribution is 5.95. The van der Waals surface area contributed by atoms with Gasteiger partial charge in [0.2, 0.25) is 5.91 Å². The quantitative estimate of drug-likeness (QED) is 0.637. The lowest BCUT2D eigenvalue weighted by molar-refractivity contribution is -0.117. The van der Waals surface area contributed by atoms with Gasteiger partial charge in [-0.15, -0.1) is 0 Å². The minimum atomic E-state index is 0.191. The molecule has 3 aliphatic carbocycles. The minimum absolute atomic E-state index is 0.191. The molecule has 4 aliphatic rings. The summed E-state index contributed by atoms with van der Waals surface area (Å²) in [5.74, 6) is 1.91. The Bertz CT molecular complexity index is 548. The van der Waals surface area contributed by atoms with Gasteiger partial charge in [0, 0.05) is 18.5 Å². The Balaban J connectivity index is 1.92. The molecule has 2 heteroatoms. The molecule has 0 saturated heterocycles. The van der Waals surface area contributed by atoms with Crippen molar-refractivity contribution in [1.29, 1.82) is 0 Å². The van der Waals surface area contributed by atoms with Crippen molar-refractivity contribution in [2.75, 3.05) is 4.90 Å². The largest absolute Gasteiger partial charge is 0.308 e. The van der Waals surface area contributed by atoms with Crippen LogP contribution in [0.5, 0.6) is 0 Å². The maximum Gasteiger partial charge on any atom is 0.224 e. The van der Waals surface area contributed by atoms with Crippen LogP contribution in [0, 0.1) is 11.8 Å². The summed E-state index contributed by atoms with van der Waals surface area (Å²) in [6.45, 7) is 1.70. The third-order valence-electron chi connectivity index (χ3n) is 4.90. The van der Waals surface area contributed by atoms with E-state index in [2.05, 4.69) is 35.3 Å². The number of carbonyl (C=O) groups excluding carboxylic acids is 1. The van der Waals surface area contributed by atoms with Crippen molar-refractivity contribution in [3.63, 3.8) is 0 Å². The number of fused-ring (bicyclic) bond motifs is 2. The second kappa shape index (κ2) is 3.47. The van der Waals surface area contributed by atoms with Crippen LogP contribution in [0.2, 0.25) is 0 Å². The van der Waals surface area contributed by atoms with E-state index in [1.165, 1.54) is 18.4 Å². The van der Waals surface area contributed by atoms with Gasteiger partial charge < -0.3 is 4.90 Å². The van der Waals surface area contributed by atoms with Crippen LogP contribution < -0.4 is 4.90 Å². The summed E-state index contributed by atoms with van der Waals surface area (Å²) in [7, 11) is 0. The lowest BCUT2D eigenvalue weighted by atomic mass is 9.65. The molecule has 1 amide bonds. The summed E-state index contributed by atoms with van der Waals surface area (Å²) in [5, 5.41) is 0. The van der Waals surface area contributed by atoms with Gasteiger partial charge in [0.1, 0.15) is 0 Å². The molecule has 0 spiro atoms. The lowest BCUT2D eigenvalue weighted by Crippen LogP contribution is -2.48. The van der Waals surface area contributed by atoms with E-state index in [1.807, 2.05) is 6.07 Å². The molecule has 92 valence electrons. The Morgan fingerprint density at radius 2 is 1.89 bits per heavy atom. The van der Waals surface area contributed by atoms with Crippen LogP contribution >= 0.6 is 0 Å². The predicted molar refractivity (Wildman–Crippen MR) is 71.5 cm³/mol. The zero-order valence-corrected chi connectivity index (χ0v) is 10.5.